The van der Waals surface area contributed by atoms with E-state index in [1.165, 1.54) is 0 Å². The zero-order chi connectivity index (χ0) is 23.5. The van der Waals surface area contributed by atoms with Crippen LogP contribution in [0.15, 0.2) is 60.6 Å². The Kier molecular flexibility index (Phi) is 7.88. The molecule has 1 fully saturated rings. The molecule has 0 N–H and O–H groups in total. The van der Waals surface area contributed by atoms with Crippen molar-refractivity contribution in [3.05, 3.63) is 66.2 Å². The number of rotatable bonds is 8. The third-order valence-corrected chi connectivity index (χ3v) is 7.11. The van der Waals surface area contributed by atoms with E-state index in [4.69, 9.17) is 9.31 Å². The van der Waals surface area contributed by atoms with Gasteiger partial charge in [0.25, 0.3) is 0 Å². The highest BCUT2D eigenvalue weighted by atomic mass is 16.7. The average molecular weight is 422 g/mol. The summed E-state index contributed by atoms with van der Waals surface area (Å²) in [5.74, 6) is 3.02. The Morgan fingerprint density at radius 1 is 0.774 bits per heavy atom. The average Bonchev–Trinajstić information content (AvgIpc) is 2.98. The Bertz CT molecular complexity index is 760. The van der Waals surface area contributed by atoms with Crippen molar-refractivity contribution in [2.75, 3.05) is 0 Å². The molecule has 0 aliphatic carbocycles. The molecule has 2 nitrogen and oxygen atoms in total. The maximum absolute atomic E-state index is 6.78. The van der Waals surface area contributed by atoms with Gasteiger partial charge in [-0.3, -0.25) is 0 Å². The first-order valence-corrected chi connectivity index (χ1v) is 11.7. The van der Waals surface area contributed by atoms with Crippen LogP contribution in [0.3, 0.4) is 0 Å². The standard InChI is InChI=1S/C28H43BO2/c1-22(2)16-19-25(5,6)27(9)28(10,26(7,8)20-17-23(3)4)31-29(30-27)21-18-24-14-12-11-13-15-24/h11-23H,1-10H3. The van der Waals surface area contributed by atoms with E-state index in [0.717, 1.165) is 5.56 Å². The van der Waals surface area contributed by atoms with Crippen molar-refractivity contribution >= 4 is 13.2 Å². The van der Waals surface area contributed by atoms with E-state index in [1.54, 1.807) is 0 Å². The molecule has 0 saturated carbocycles. The molecule has 3 heteroatoms. The first kappa shape index (κ1) is 25.7. The monoisotopic (exact) mass is 422 g/mol. The molecule has 170 valence electrons. The molecule has 0 radical (unpaired) electrons. The van der Waals surface area contributed by atoms with E-state index in [-0.39, 0.29) is 10.8 Å². The van der Waals surface area contributed by atoms with Crippen LogP contribution in [0.25, 0.3) is 6.08 Å². The highest BCUT2D eigenvalue weighted by Crippen LogP contribution is 2.57. The van der Waals surface area contributed by atoms with E-state index >= 15 is 0 Å². The van der Waals surface area contributed by atoms with Gasteiger partial charge in [-0.05, 0) is 31.2 Å². The van der Waals surface area contributed by atoms with Gasteiger partial charge in [-0.25, -0.2) is 0 Å². The molecule has 1 heterocycles. The summed E-state index contributed by atoms with van der Waals surface area (Å²) in [5.41, 5.74) is -0.402. The van der Waals surface area contributed by atoms with Crippen molar-refractivity contribution < 1.29 is 9.31 Å². The normalized spacial score (nSPS) is 25.9. The van der Waals surface area contributed by atoms with Crippen LogP contribution in [-0.4, -0.2) is 18.3 Å². The summed E-state index contributed by atoms with van der Waals surface area (Å²) >= 11 is 0. The quantitative estimate of drug-likeness (QED) is 0.315. The predicted molar refractivity (Wildman–Crippen MR) is 136 cm³/mol. The Balaban J connectivity index is 2.50. The van der Waals surface area contributed by atoms with Gasteiger partial charge in [0.15, 0.2) is 0 Å². The lowest BCUT2D eigenvalue weighted by molar-refractivity contribution is -0.129. The predicted octanol–water partition coefficient (Wildman–Crippen LogP) is 7.77. The minimum Gasteiger partial charge on any atom is -0.398 e. The fraction of sp³-hybridized carbons (Fsp3) is 0.571. The van der Waals surface area contributed by atoms with E-state index in [1.807, 2.05) is 24.2 Å². The first-order chi connectivity index (χ1) is 14.2. The van der Waals surface area contributed by atoms with Crippen molar-refractivity contribution in [1.29, 1.82) is 0 Å². The summed E-state index contributed by atoms with van der Waals surface area (Å²) in [5, 5.41) is 0. The van der Waals surface area contributed by atoms with Crippen molar-refractivity contribution in [3.8, 4) is 0 Å². The van der Waals surface area contributed by atoms with Gasteiger partial charge in [-0.15, -0.1) is 0 Å². The third kappa shape index (κ3) is 5.44. The second-order valence-electron chi connectivity index (χ2n) is 11.1. The van der Waals surface area contributed by atoms with Crippen LogP contribution in [-0.2, 0) is 9.31 Å². The molecule has 1 aromatic carbocycles. The van der Waals surface area contributed by atoms with E-state index < -0.39 is 18.3 Å². The fourth-order valence-corrected chi connectivity index (χ4v) is 4.26. The molecule has 1 saturated heterocycles. The number of benzene rings is 1. The van der Waals surface area contributed by atoms with Gasteiger partial charge < -0.3 is 9.31 Å². The lowest BCUT2D eigenvalue weighted by atomic mass is 9.58. The van der Waals surface area contributed by atoms with E-state index in [9.17, 15) is 0 Å². The lowest BCUT2D eigenvalue weighted by Gasteiger charge is -2.54. The minimum atomic E-state index is -0.540. The highest BCUT2D eigenvalue weighted by molar-refractivity contribution is 6.52. The van der Waals surface area contributed by atoms with E-state index in [0.29, 0.717) is 11.8 Å². The van der Waals surface area contributed by atoms with Gasteiger partial charge in [0, 0.05) is 10.8 Å². The molecule has 31 heavy (non-hydrogen) atoms. The smallest absolute Gasteiger partial charge is 0.398 e. The molecule has 2 unspecified atom stereocenters. The summed E-state index contributed by atoms with van der Waals surface area (Å²) < 4.78 is 13.6. The minimum absolute atomic E-state index is 0.232. The largest absolute Gasteiger partial charge is 0.487 e. The summed E-state index contributed by atoms with van der Waals surface area (Å²) in [6.07, 6.45) is 11.3. The molecular weight excluding hydrogens is 379 g/mol. The second-order valence-corrected chi connectivity index (χ2v) is 11.1. The topological polar surface area (TPSA) is 18.5 Å². The molecule has 1 aliphatic rings. The van der Waals surface area contributed by atoms with Crippen LogP contribution in [0, 0.1) is 22.7 Å². The van der Waals surface area contributed by atoms with Crippen molar-refractivity contribution in [1.82, 2.24) is 0 Å². The zero-order valence-electron chi connectivity index (χ0n) is 21.4. The first-order valence-electron chi connectivity index (χ1n) is 11.7. The Hall–Kier alpha value is -1.58. The molecule has 2 rings (SSSR count). The van der Waals surface area contributed by atoms with Crippen molar-refractivity contribution in [3.63, 3.8) is 0 Å². The molecule has 0 bridgehead atoms. The fourth-order valence-electron chi connectivity index (χ4n) is 4.26. The molecule has 0 spiro atoms. The SMILES string of the molecule is CC(C)C=CC(C)(C)C1(C)OB(C=Cc2ccccc2)OC1(C)C(C)(C)C=CC(C)C. The van der Waals surface area contributed by atoms with Gasteiger partial charge >= 0.3 is 7.12 Å². The summed E-state index contributed by atoms with van der Waals surface area (Å²) in [7, 11) is -0.409. The van der Waals surface area contributed by atoms with Gasteiger partial charge in [-0.1, -0.05) is 122 Å². The molecular formula is C28H43BO2. The maximum atomic E-state index is 6.78. The molecule has 0 aromatic heterocycles. The van der Waals surface area contributed by atoms with Crippen LogP contribution in [0.5, 0.6) is 0 Å². The molecule has 1 aromatic rings. The number of allylic oxidation sites excluding steroid dienone is 2. The Morgan fingerprint density at radius 3 is 1.58 bits per heavy atom. The van der Waals surface area contributed by atoms with Crippen LogP contribution < -0.4 is 0 Å². The molecule has 0 amide bonds. The van der Waals surface area contributed by atoms with Crippen LogP contribution in [0.4, 0.5) is 0 Å². The zero-order valence-corrected chi connectivity index (χ0v) is 21.4. The lowest BCUT2D eigenvalue weighted by Crippen LogP contribution is -2.62. The van der Waals surface area contributed by atoms with Crippen LogP contribution in [0.2, 0.25) is 0 Å². The summed E-state index contributed by atoms with van der Waals surface area (Å²) in [6.45, 7) is 22.3. The summed E-state index contributed by atoms with van der Waals surface area (Å²) in [6, 6.07) is 10.3. The van der Waals surface area contributed by atoms with Gasteiger partial charge in [0.05, 0.1) is 11.2 Å². The third-order valence-electron chi connectivity index (χ3n) is 7.11. The van der Waals surface area contributed by atoms with E-state index in [2.05, 4.69) is 112 Å². The van der Waals surface area contributed by atoms with Gasteiger partial charge in [0.1, 0.15) is 0 Å². The van der Waals surface area contributed by atoms with Crippen LogP contribution in [0.1, 0.15) is 74.8 Å². The molecule has 1 aliphatic heterocycles. The Labute approximate surface area is 192 Å². The summed E-state index contributed by atoms with van der Waals surface area (Å²) in [4.78, 5) is 0. The Morgan fingerprint density at radius 2 is 1.19 bits per heavy atom. The van der Waals surface area contributed by atoms with Gasteiger partial charge in [0.2, 0.25) is 0 Å². The number of hydrogen-bond acceptors (Lipinski definition) is 2. The van der Waals surface area contributed by atoms with Crippen molar-refractivity contribution in [2.45, 2.75) is 80.4 Å². The van der Waals surface area contributed by atoms with Gasteiger partial charge in [-0.2, -0.15) is 0 Å². The number of hydrogen-bond donors (Lipinski definition) is 0. The molecule has 2 atom stereocenters. The second kappa shape index (κ2) is 9.51. The van der Waals surface area contributed by atoms with Crippen LogP contribution >= 0.6 is 0 Å². The highest BCUT2D eigenvalue weighted by Gasteiger charge is 2.66. The maximum Gasteiger partial charge on any atom is 0.487 e. The van der Waals surface area contributed by atoms with Crippen molar-refractivity contribution in [2.24, 2.45) is 22.7 Å².